The van der Waals surface area contributed by atoms with Crippen LogP contribution in [0.1, 0.15) is 31.2 Å². The highest BCUT2D eigenvalue weighted by atomic mass is 35.5. The van der Waals surface area contributed by atoms with Gasteiger partial charge in [-0.3, -0.25) is 0 Å². The number of aromatic nitrogens is 1. The summed E-state index contributed by atoms with van der Waals surface area (Å²) in [5.41, 5.74) is 2.68. The number of hydrogen-bond acceptors (Lipinski definition) is 2. The van der Waals surface area contributed by atoms with E-state index in [2.05, 4.69) is 36.1 Å². The SMILES string of the molecule is CN(C)CC1CCCCC=C1c1ccc(Cl)nc1. The summed E-state index contributed by atoms with van der Waals surface area (Å²) >= 11 is 5.86. The van der Waals surface area contributed by atoms with Crippen LogP contribution < -0.4 is 0 Å². The first-order valence-electron chi connectivity index (χ1n) is 6.63. The molecule has 0 bridgehead atoms. The van der Waals surface area contributed by atoms with Gasteiger partial charge in [-0.1, -0.05) is 30.2 Å². The van der Waals surface area contributed by atoms with Crippen molar-refractivity contribution in [1.29, 1.82) is 0 Å². The van der Waals surface area contributed by atoms with Gasteiger partial charge in [0.2, 0.25) is 0 Å². The monoisotopic (exact) mass is 264 g/mol. The van der Waals surface area contributed by atoms with Gasteiger partial charge in [-0.2, -0.15) is 0 Å². The molecule has 0 aromatic carbocycles. The molecule has 3 heteroatoms. The van der Waals surface area contributed by atoms with Crippen LogP contribution in [0, 0.1) is 5.92 Å². The molecule has 0 saturated heterocycles. The Morgan fingerprint density at radius 1 is 1.33 bits per heavy atom. The summed E-state index contributed by atoms with van der Waals surface area (Å²) in [5.74, 6) is 0.616. The molecule has 0 radical (unpaired) electrons. The molecule has 1 aromatic rings. The summed E-state index contributed by atoms with van der Waals surface area (Å²) in [7, 11) is 4.28. The number of allylic oxidation sites excluding steroid dienone is 1. The molecule has 2 rings (SSSR count). The smallest absolute Gasteiger partial charge is 0.129 e. The molecule has 0 fully saturated rings. The number of hydrogen-bond donors (Lipinski definition) is 0. The first-order chi connectivity index (χ1) is 8.66. The third kappa shape index (κ3) is 3.56. The fraction of sp³-hybridized carbons (Fsp3) is 0.533. The molecular weight excluding hydrogens is 244 g/mol. The number of halogens is 1. The van der Waals surface area contributed by atoms with Crippen LogP contribution in [-0.2, 0) is 0 Å². The topological polar surface area (TPSA) is 16.1 Å². The number of rotatable bonds is 3. The van der Waals surface area contributed by atoms with E-state index in [4.69, 9.17) is 11.6 Å². The quantitative estimate of drug-likeness (QED) is 0.771. The van der Waals surface area contributed by atoms with E-state index in [1.807, 2.05) is 12.3 Å². The molecule has 2 nitrogen and oxygen atoms in total. The predicted octanol–water partition coefficient (Wildman–Crippen LogP) is 3.87. The Labute approximate surface area is 115 Å². The minimum Gasteiger partial charge on any atom is -0.309 e. The normalized spacial score (nSPS) is 20.7. The lowest BCUT2D eigenvalue weighted by atomic mass is 9.90. The predicted molar refractivity (Wildman–Crippen MR) is 77.7 cm³/mol. The van der Waals surface area contributed by atoms with Crippen molar-refractivity contribution in [1.82, 2.24) is 9.88 Å². The summed E-state index contributed by atoms with van der Waals surface area (Å²) in [6.07, 6.45) is 9.37. The molecule has 0 N–H and O–H groups in total. The largest absolute Gasteiger partial charge is 0.309 e. The Morgan fingerprint density at radius 3 is 2.83 bits per heavy atom. The minimum absolute atomic E-state index is 0.567. The van der Waals surface area contributed by atoms with Crippen LogP contribution in [0.3, 0.4) is 0 Å². The van der Waals surface area contributed by atoms with Gasteiger partial charge in [0.05, 0.1) is 0 Å². The molecule has 1 unspecified atom stereocenters. The third-order valence-electron chi connectivity index (χ3n) is 3.46. The lowest BCUT2D eigenvalue weighted by Crippen LogP contribution is -2.22. The Bertz CT molecular complexity index is 409. The Hall–Kier alpha value is -0.860. The molecule has 1 atom stereocenters. The lowest BCUT2D eigenvalue weighted by Gasteiger charge is -2.23. The summed E-state index contributed by atoms with van der Waals surface area (Å²) < 4.78 is 0. The molecule has 1 aromatic heterocycles. The van der Waals surface area contributed by atoms with E-state index in [0.29, 0.717) is 11.1 Å². The molecular formula is C15H21ClN2. The van der Waals surface area contributed by atoms with Crippen LogP contribution >= 0.6 is 11.6 Å². The maximum Gasteiger partial charge on any atom is 0.129 e. The van der Waals surface area contributed by atoms with E-state index in [0.717, 1.165) is 6.54 Å². The first-order valence-corrected chi connectivity index (χ1v) is 7.01. The molecule has 98 valence electrons. The number of nitrogens with zero attached hydrogens (tertiary/aromatic N) is 2. The minimum atomic E-state index is 0.567. The van der Waals surface area contributed by atoms with Gasteiger partial charge in [0, 0.05) is 12.7 Å². The van der Waals surface area contributed by atoms with Gasteiger partial charge in [0.1, 0.15) is 5.15 Å². The van der Waals surface area contributed by atoms with E-state index in [1.165, 1.54) is 36.8 Å². The molecule has 1 aliphatic carbocycles. The van der Waals surface area contributed by atoms with Gasteiger partial charge in [0.15, 0.2) is 0 Å². The van der Waals surface area contributed by atoms with Gasteiger partial charge in [-0.25, -0.2) is 4.98 Å². The highest BCUT2D eigenvalue weighted by Crippen LogP contribution is 2.32. The maximum absolute atomic E-state index is 5.86. The Balaban J connectivity index is 2.24. The van der Waals surface area contributed by atoms with Crippen molar-refractivity contribution in [3.05, 3.63) is 35.1 Å². The second-order valence-electron chi connectivity index (χ2n) is 5.27. The van der Waals surface area contributed by atoms with Gasteiger partial charge < -0.3 is 4.90 Å². The molecule has 1 aliphatic rings. The van der Waals surface area contributed by atoms with Crippen LogP contribution in [0.5, 0.6) is 0 Å². The fourth-order valence-electron chi connectivity index (χ4n) is 2.65. The van der Waals surface area contributed by atoms with Gasteiger partial charge in [-0.15, -0.1) is 0 Å². The van der Waals surface area contributed by atoms with Crippen molar-refractivity contribution < 1.29 is 0 Å². The summed E-state index contributed by atoms with van der Waals surface area (Å²) in [5, 5.41) is 0.567. The summed E-state index contributed by atoms with van der Waals surface area (Å²) in [4.78, 5) is 6.48. The molecule has 0 saturated carbocycles. The standard InChI is InChI=1S/C15H21ClN2/c1-18(2)11-13-6-4-3-5-7-14(13)12-8-9-15(16)17-10-12/h7-10,13H,3-6,11H2,1-2H3. The van der Waals surface area contributed by atoms with Crippen LogP contribution in [0.15, 0.2) is 24.4 Å². The summed E-state index contributed by atoms with van der Waals surface area (Å²) in [6.45, 7) is 1.11. The van der Waals surface area contributed by atoms with Crippen LogP contribution in [-0.4, -0.2) is 30.5 Å². The second-order valence-corrected chi connectivity index (χ2v) is 5.66. The second kappa shape index (κ2) is 6.35. The van der Waals surface area contributed by atoms with E-state index in [-0.39, 0.29) is 0 Å². The van der Waals surface area contributed by atoms with Crippen molar-refractivity contribution in [3.63, 3.8) is 0 Å². The highest BCUT2D eigenvalue weighted by Gasteiger charge is 2.19. The van der Waals surface area contributed by atoms with Crippen molar-refractivity contribution in [2.45, 2.75) is 25.7 Å². The van der Waals surface area contributed by atoms with Crippen LogP contribution in [0.25, 0.3) is 5.57 Å². The zero-order valence-corrected chi connectivity index (χ0v) is 12.0. The Morgan fingerprint density at radius 2 is 2.17 bits per heavy atom. The van der Waals surface area contributed by atoms with Crippen LogP contribution in [0.4, 0.5) is 0 Å². The average molecular weight is 265 g/mol. The van der Waals surface area contributed by atoms with Crippen molar-refractivity contribution in [2.24, 2.45) is 5.92 Å². The van der Waals surface area contributed by atoms with E-state index >= 15 is 0 Å². The van der Waals surface area contributed by atoms with E-state index in [9.17, 15) is 0 Å². The third-order valence-corrected chi connectivity index (χ3v) is 3.68. The Kier molecular flexibility index (Phi) is 4.79. The number of pyridine rings is 1. The van der Waals surface area contributed by atoms with Gasteiger partial charge >= 0.3 is 0 Å². The van der Waals surface area contributed by atoms with Gasteiger partial charge in [0.25, 0.3) is 0 Å². The van der Waals surface area contributed by atoms with E-state index < -0.39 is 0 Å². The first kappa shape index (κ1) is 13.6. The highest BCUT2D eigenvalue weighted by molar-refractivity contribution is 6.29. The zero-order chi connectivity index (χ0) is 13.0. The molecule has 1 heterocycles. The van der Waals surface area contributed by atoms with Crippen molar-refractivity contribution in [3.8, 4) is 0 Å². The molecule has 0 aliphatic heterocycles. The van der Waals surface area contributed by atoms with Crippen LogP contribution in [0.2, 0.25) is 5.15 Å². The molecule has 0 amide bonds. The van der Waals surface area contributed by atoms with Crippen molar-refractivity contribution >= 4 is 17.2 Å². The fourth-order valence-corrected chi connectivity index (χ4v) is 2.76. The lowest BCUT2D eigenvalue weighted by molar-refractivity contribution is 0.351. The molecule has 0 spiro atoms. The zero-order valence-electron chi connectivity index (χ0n) is 11.2. The van der Waals surface area contributed by atoms with E-state index in [1.54, 1.807) is 0 Å². The average Bonchev–Trinajstić information content (AvgIpc) is 2.55. The molecule has 18 heavy (non-hydrogen) atoms. The summed E-state index contributed by atoms with van der Waals surface area (Å²) in [6, 6.07) is 3.98. The maximum atomic E-state index is 5.86. The van der Waals surface area contributed by atoms with Gasteiger partial charge in [-0.05, 0) is 56.5 Å². The van der Waals surface area contributed by atoms with Crippen molar-refractivity contribution in [2.75, 3.05) is 20.6 Å².